The maximum absolute atomic E-state index is 5.92. The van der Waals surface area contributed by atoms with Gasteiger partial charge >= 0.3 is 0 Å². The maximum atomic E-state index is 5.92. The summed E-state index contributed by atoms with van der Waals surface area (Å²) in [6.07, 6.45) is 4.01. The fourth-order valence-corrected chi connectivity index (χ4v) is 5.61. The normalized spacial score (nSPS) is 17.8. The lowest BCUT2D eigenvalue weighted by Crippen LogP contribution is -2.48. The van der Waals surface area contributed by atoms with Crippen LogP contribution in [0.3, 0.4) is 0 Å². The summed E-state index contributed by atoms with van der Waals surface area (Å²) in [5, 5.41) is 4.99. The van der Waals surface area contributed by atoms with Crippen LogP contribution in [-0.2, 0) is 9.47 Å². The van der Waals surface area contributed by atoms with E-state index in [9.17, 15) is 0 Å². The molecular formula is C27H35N3O4. The van der Waals surface area contributed by atoms with Crippen LogP contribution < -0.4 is 14.4 Å². The SMILES string of the molecule is COc1cc(C)cc(C)c1-c1cccc2c(N(C3CCOCC3)C3CCOCC3)c(OC)nn12. The van der Waals surface area contributed by atoms with Gasteiger partial charge in [-0.15, -0.1) is 5.10 Å². The summed E-state index contributed by atoms with van der Waals surface area (Å²) < 4.78 is 25.2. The van der Waals surface area contributed by atoms with Crippen molar-refractivity contribution in [2.45, 2.75) is 51.6 Å². The number of hydrogen-bond acceptors (Lipinski definition) is 6. The summed E-state index contributed by atoms with van der Waals surface area (Å²) in [5.74, 6) is 1.51. The molecular weight excluding hydrogens is 430 g/mol. The second-order valence-electron chi connectivity index (χ2n) is 9.32. The molecule has 2 aromatic heterocycles. The number of pyridine rings is 1. The van der Waals surface area contributed by atoms with Crippen molar-refractivity contribution in [1.29, 1.82) is 0 Å². The molecule has 2 aliphatic rings. The quantitative estimate of drug-likeness (QED) is 0.521. The topological polar surface area (TPSA) is 57.5 Å². The summed E-state index contributed by atoms with van der Waals surface area (Å²) in [4.78, 5) is 2.58. The van der Waals surface area contributed by atoms with Crippen molar-refractivity contribution < 1.29 is 18.9 Å². The van der Waals surface area contributed by atoms with Gasteiger partial charge in [-0.05, 0) is 68.9 Å². The molecule has 0 amide bonds. The molecule has 0 radical (unpaired) electrons. The highest BCUT2D eigenvalue weighted by atomic mass is 16.5. The number of hydrogen-bond donors (Lipinski definition) is 0. The molecule has 0 spiro atoms. The largest absolute Gasteiger partial charge is 0.496 e. The van der Waals surface area contributed by atoms with Gasteiger partial charge in [-0.1, -0.05) is 12.1 Å². The zero-order chi connectivity index (χ0) is 23.7. The number of anilines is 1. The van der Waals surface area contributed by atoms with Crippen LogP contribution in [0, 0.1) is 13.8 Å². The number of aromatic nitrogens is 2. The Bertz CT molecular complexity index is 1130. The zero-order valence-corrected chi connectivity index (χ0v) is 20.7. The Labute approximate surface area is 201 Å². The van der Waals surface area contributed by atoms with E-state index in [2.05, 4.69) is 49.1 Å². The van der Waals surface area contributed by atoms with Crippen molar-refractivity contribution >= 4 is 11.2 Å². The van der Waals surface area contributed by atoms with Crippen LogP contribution in [-0.4, -0.2) is 62.3 Å². The highest BCUT2D eigenvalue weighted by Crippen LogP contribution is 2.42. The molecule has 34 heavy (non-hydrogen) atoms. The highest BCUT2D eigenvalue weighted by molar-refractivity contribution is 5.83. The summed E-state index contributed by atoms with van der Waals surface area (Å²) in [6.45, 7) is 7.37. The Hall–Kier alpha value is -2.77. The molecule has 0 atom stereocenters. The van der Waals surface area contributed by atoms with Crippen LogP contribution in [0.25, 0.3) is 16.8 Å². The lowest BCUT2D eigenvalue weighted by Gasteiger charge is -2.42. The number of nitrogens with zero attached hydrogens (tertiary/aromatic N) is 3. The van der Waals surface area contributed by atoms with E-state index in [1.54, 1.807) is 14.2 Å². The lowest BCUT2D eigenvalue weighted by atomic mass is 9.98. The smallest absolute Gasteiger partial charge is 0.257 e. The number of benzene rings is 1. The molecule has 0 unspecified atom stereocenters. The van der Waals surface area contributed by atoms with E-state index in [1.807, 2.05) is 4.52 Å². The van der Waals surface area contributed by atoms with Gasteiger partial charge in [0.2, 0.25) is 0 Å². The van der Waals surface area contributed by atoms with Gasteiger partial charge in [0, 0.05) is 44.1 Å². The number of aryl methyl sites for hydroxylation is 2. The summed E-state index contributed by atoms with van der Waals surface area (Å²) in [7, 11) is 3.44. The molecule has 0 N–H and O–H groups in total. The van der Waals surface area contributed by atoms with Crippen LogP contribution in [0.4, 0.5) is 5.69 Å². The van der Waals surface area contributed by atoms with Crippen LogP contribution in [0.2, 0.25) is 0 Å². The van der Waals surface area contributed by atoms with Gasteiger partial charge in [0.1, 0.15) is 11.4 Å². The van der Waals surface area contributed by atoms with Gasteiger partial charge in [0.05, 0.1) is 25.4 Å². The predicted octanol–water partition coefficient (Wildman–Crippen LogP) is 4.80. The van der Waals surface area contributed by atoms with Crippen LogP contribution in [0.1, 0.15) is 36.8 Å². The number of rotatable bonds is 6. The molecule has 1 aromatic carbocycles. The Kier molecular flexibility index (Phi) is 6.66. The van der Waals surface area contributed by atoms with Crippen molar-refractivity contribution in [3.05, 3.63) is 41.5 Å². The first kappa shape index (κ1) is 23.0. The van der Waals surface area contributed by atoms with Crippen molar-refractivity contribution in [2.24, 2.45) is 0 Å². The van der Waals surface area contributed by atoms with Crippen LogP contribution in [0.5, 0.6) is 11.6 Å². The molecule has 7 nitrogen and oxygen atoms in total. The first-order valence-electron chi connectivity index (χ1n) is 12.3. The average Bonchev–Trinajstić information content (AvgIpc) is 3.24. The third kappa shape index (κ3) is 4.12. The second kappa shape index (κ2) is 9.84. The Balaban J connectivity index is 1.70. The van der Waals surface area contributed by atoms with Gasteiger partial charge in [-0.3, -0.25) is 0 Å². The van der Waals surface area contributed by atoms with Gasteiger partial charge in [-0.25, -0.2) is 4.52 Å². The maximum Gasteiger partial charge on any atom is 0.257 e. The van der Waals surface area contributed by atoms with Crippen molar-refractivity contribution in [2.75, 3.05) is 45.5 Å². The molecule has 0 saturated carbocycles. The van der Waals surface area contributed by atoms with E-state index in [0.717, 1.165) is 85.9 Å². The second-order valence-corrected chi connectivity index (χ2v) is 9.32. The summed E-state index contributed by atoms with van der Waals surface area (Å²) in [5.41, 5.74) is 6.51. The minimum atomic E-state index is 0.387. The molecule has 2 fully saturated rings. The third-order valence-electron chi connectivity index (χ3n) is 7.14. The molecule has 3 aromatic rings. The third-order valence-corrected chi connectivity index (χ3v) is 7.14. The monoisotopic (exact) mass is 465 g/mol. The molecule has 2 saturated heterocycles. The molecule has 2 aliphatic heterocycles. The molecule has 0 bridgehead atoms. The predicted molar refractivity (Wildman–Crippen MR) is 133 cm³/mol. The Morgan fingerprint density at radius 1 is 0.912 bits per heavy atom. The van der Waals surface area contributed by atoms with Gasteiger partial charge in [0.15, 0.2) is 0 Å². The van der Waals surface area contributed by atoms with E-state index in [4.69, 9.17) is 24.0 Å². The van der Waals surface area contributed by atoms with Crippen molar-refractivity contribution in [1.82, 2.24) is 9.61 Å². The van der Waals surface area contributed by atoms with E-state index >= 15 is 0 Å². The number of fused-ring (bicyclic) bond motifs is 1. The zero-order valence-electron chi connectivity index (χ0n) is 20.7. The average molecular weight is 466 g/mol. The van der Waals surface area contributed by atoms with E-state index < -0.39 is 0 Å². The van der Waals surface area contributed by atoms with E-state index in [1.165, 1.54) is 5.56 Å². The highest BCUT2D eigenvalue weighted by Gasteiger charge is 2.34. The summed E-state index contributed by atoms with van der Waals surface area (Å²) in [6, 6.07) is 11.4. The van der Waals surface area contributed by atoms with E-state index in [0.29, 0.717) is 18.0 Å². The minimum Gasteiger partial charge on any atom is -0.496 e. The number of ether oxygens (including phenoxy) is 4. The first-order valence-corrected chi connectivity index (χ1v) is 12.3. The molecule has 5 rings (SSSR count). The van der Waals surface area contributed by atoms with Crippen molar-refractivity contribution in [3.8, 4) is 22.9 Å². The Morgan fingerprint density at radius 2 is 1.56 bits per heavy atom. The lowest BCUT2D eigenvalue weighted by molar-refractivity contribution is 0.0640. The van der Waals surface area contributed by atoms with Gasteiger partial charge < -0.3 is 23.8 Å². The minimum absolute atomic E-state index is 0.387. The standard InChI is InChI=1S/C27H35N3O4/c1-18-16-19(2)25(24(17-18)31-3)22-6-5-7-23-26(27(32-4)28-30(22)23)29(20-8-12-33-13-9-20)21-10-14-34-15-11-21/h5-7,16-17,20-21H,8-15H2,1-4H3. The van der Waals surface area contributed by atoms with Crippen molar-refractivity contribution in [3.63, 3.8) is 0 Å². The first-order chi connectivity index (χ1) is 16.6. The molecule has 0 aliphatic carbocycles. The fraction of sp³-hybridized carbons (Fsp3) is 0.519. The van der Waals surface area contributed by atoms with Crippen LogP contribution >= 0.6 is 0 Å². The van der Waals surface area contributed by atoms with Crippen LogP contribution in [0.15, 0.2) is 30.3 Å². The molecule has 4 heterocycles. The molecule has 7 heteroatoms. The fourth-order valence-electron chi connectivity index (χ4n) is 5.61. The molecule has 182 valence electrons. The van der Waals surface area contributed by atoms with Gasteiger partial charge in [0.25, 0.3) is 5.88 Å². The Morgan fingerprint density at radius 3 is 2.15 bits per heavy atom. The van der Waals surface area contributed by atoms with E-state index in [-0.39, 0.29) is 0 Å². The van der Waals surface area contributed by atoms with Gasteiger partial charge in [-0.2, -0.15) is 0 Å². The number of methoxy groups -OCH3 is 2. The summed E-state index contributed by atoms with van der Waals surface area (Å²) >= 11 is 0.